The number of rotatable bonds is 7. The number of nitrogens with one attached hydrogen (secondary N) is 1. The molecule has 5 N–H and O–H groups in total. The van der Waals surface area contributed by atoms with Crippen molar-refractivity contribution in [3.63, 3.8) is 0 Å². The monoisotopic (exact) mass is 321 g/mol. The standard InChI is InChI=1S/C16H23N3O4/c17-11-16(6-9-22-10-7-16)15(21)19-12-1-3-13(4-2-12)23-8-5-14(18)20/h1-4H,5-11,17H2,(H2,18,20)(H,19,21). The average Bonchev–Trinajstić information content (AvgIpc) is 2.56. The predicted octanol–water partition coefficient (Wildman–Crippen LogP) is 0.635. The van der Waals surface area contributed by atoms with Crippen LogP contribution in [-0.2, 0) is 14.3 Å². The van der Waals surface area contributed by atoms with E-state index >= 15 is 0 Å². The fraction of sp³-hybridized carbons (Fsp3) is 0.500. The number of hydrogen-bond acceptors (Lipinski definition) is 5. The number of nitrogens with two attached hydrogens (primary N) is 2. The highest BCUT2D eigenvalue weighted by molar-refractivity contribution is 5.95. The van der Waals surface area contributed by atoms with E-state index in [1.165, 1.54) is 0 Å². The van der Waals surface area contributed by atoms with E-state index in [1.807, 2.05) is 0 Å². The Labute approximate surface area is 135 Å². The molecular formula is C16H23N3O4. The molecule has 126 valence electrons. The minimum atomic E-state index is -0.561. The van der Waals surface area contributed by atoms with Crippen LogP contribution in [0.3, 0.4) is 0 Å². The van der Waals surface area contributed by atoms with Crippen molar-refractivity contribution < 1.29 is 19.1 Å². The van der Waals surface area contributed by atoms with Crippen molar-refractivity contribution in [2.24, 2.45) is 16.9 Å². The molecule has 0 bridgehead atoms. The molecule has 0 aliphatic carbocycles. The van der Waals surface area contributed by atoms with Gasteiger partial charge in [-0.2, -0.15) is 0 Å². The topological polar surface area (TPSA) is 117 Å². The van der Waals surface area contributed by atoms with Gasteiger partial charge in [-0.25, -0.2) is 0 Å². The highest BCUT2D eigenvalue weighted by Gasteiger charge is 2.38. The van der Waals surface area contributed by atoms with Crippen LogP contribution in [0.2, 0.25) is 0 Å². The maximum Gasteiger partial charge on any atom is 0.232 e. The first-order valence-electron chi connectivity index (χ1n) is 7.66. The molecule has 1 aromatic rings. The summed E-state index contributed by atoms with van der Waals surface area (Å²) in [6.45, 7) is 1.64. The van der Waals surface area contributed by atoms with Crippen molar-refractivity contribution in [2.45, 2.75) is 19.3 Å². The van der Waals surface area contributed by atoms with Gasteiger partial charge in [0.15, 0.2) is 0 Å². The van der Waals surface area contributed by atoms with E-state index in [9.17, 15) is 9.59 Å². The van der Waals surface area contributed by atoms with Crippen molar-refractivity contribution in [1.29, 1.82) is 0 Å². The highest BCUT2D eigenvalue weighted by atomic mass is 16.5. The first-order chi connectivity index (χ1) is 11.1. The smallest absolute Gasteiger partial charge is 0.232 e. The molecule has 0 radical (unpaired) electrons. The fourth-order valence-electron chi connectivity index (χ4n) is 2.45. The van der Waals surface area contributed by atoms with Crippen LogP contribution in [-0.4, -0.2) is 38.2 Å². The SMILES string of the molecule is NCC1(C(=O)Nc2ccc(OCCC(N)=O)cc2)CCOCC1. The molecule has 1 aliphatic rings. The number of carbonyl (C=O) groups is 2. The van der Waals surface area contributed by atoms with Gasteiger partial charge in [0.25, 0.3) is 0 Å². The quantitative estimate of drug-likeness (QED) is 0.681. The normalized spacial score (nSPS) is 16.6. The minimum absolute atomic E-state index is 0.0781. The van der Waals surface area contributed by atoms with Crippen LogP contribution >= 0.6 is 0 Å². The molecular weight excluding hydrogens is 298 g/mol. The second-order valence-corrected chi connectivity index (χ2v) is 5.64. The number of primary amides is 1. The Hall–Kier alpha value is -2.12. The highest BCUT2D eigenvalue weighted by Crippen LogP contribution is 2.31. The molecule has 1 heterocycles. The Morgan fingerprint density at radius 3 is 2.43 bits per heavy atom. The zero-order chi connectivity index (χ0) is 16.7. The van der Waals surface area contributed by atoms with Crippen LogP contribution in [0.1, 0.15) is 19.3 Å². The number of amides is 2. The van der Waals surface area contributed by atoms with E-state index in [0.717, 1.165) is 0 Å². The van der Waals surface area contributed by atoms with Gasteiger partial charge in [-0.1, -0.05) is 0 Å². The summed E-state index contributed by atoms with van der Waals surface area (Å²) in [5.74, 6) is 0.131. The Bertz CT molecular complexity index is 539. The van der Waals surface area contributed by atoms with Crippen molar-refractivity contribution in [3.8, 4) is 5.75 Å². The fourth-order valence-corrected chi connectivity index (χ4v) is 2.45. The maximum absolute atomic E-state index is 12.5. The third-order valence-corrected chi connectivity index (χ3v) is 4.05. The predicted molar refractivity (Wildman–Crippen MR) is 85.9 cm³/mol. The summed E-state index contributed by atoms with van der Waals surface area (Å²) >= 11 is 0. The van der Waals surface area contributed by atoms with Gasteiger partial charge in [-0.05, 0) is 37.1 Å². The number of benzene rings is 1. The van der Waals surface area contributed by atoms with Gasteiger partial charge in [-0.3, -0.25) is 9.59 Å². The Morgan fingerprint density at radius 2 is 1.87 bits per heavy atom. The lowest BCUT2D eigenvalue weighted by Gasteiger charge is -2.34. The number of hydrogen-bond donors (Lipinski definition) is 3. The third kappa shape index (κ3) is 4.67. The molecule has 1 aliphatic heterocycles. The molecule has 1 aromatic carbocycles. The first kappa shape index (κ1) is 17.2. The Balaban J connectivity index is 1.92. The zero-order valence-corrected chi connectivity index (χ0v) is 13.0. The summed E-state index contributed by atoms with van der Waals surface area (Å²) in [4.78, 5) is 23.2. The molecule has 23 heavy (non-hydrogen) atoms. The van der Waals surface area contributed by atoms with Crippen molar-refractivity contribution >= 4 is 17.5 Å². The molecule has 1 saturated heterocycles. The van der Waals surface area contributed by atoms with Gasteiger partial charge < -0.3 is 26.3 Å². The van der Waals surface area contributed by atoms with Crippen LogP contribution in [0.15, 0.2) is 24.3 Å². The molecule has 0 atom stereocenters. The van der Waals surface area contributed by atoms with E-state index in [0.29, 0.717) is 44.0 Å². The van der Waals surface area contributed by atoms with Gasteiger partial charge in [-0.15, -0.1) is 0 Å². The minimum Gasteiger partial charge on any atom is -0.493 e. The van der Waals surface area contributed by atoms with E-state index < -0.39 is 11.3 Å². The van der Waals surface area contributed by atoms with Crippen LogP contribution in [0.4, 0.5) is 5.69 Å². The van der Waals surface area contributed by atoms with Crippen molar-refractivity contribution in [3.05, 3.63) is 24.3 Å². The summed E-state index contributed by atoms with van der Waals surface area (Å²) in [5, 5.41) is 2.90. The summed E-state index contributed by atoms with van der Waals surface area (Å²) in [5.41, 5.74) is 11.0. The average molecular weight is 321 g/mol. The lowest BCUT2D eigenvalue weighted by molar-refractivity contribution is -0.130. The Kier molecular flexibility index (Phi) is 5.95. The number of anilines is 1. The van der Waals surface area contributed by atoms with Gasteiger partial charge in [0.05, 0.1) is 18.4 Å². The molecule has 0 spiro atoms. The van der Waals surface area contributed by atoms with Gasteiger partial charge in [0.1, 0.15) is 5.75 Å². The molecule has 7 nitrogen and oxygen atoms in total. The van der Waals surface area contributed by atoms with Crippen molar-refractivity contribution in [2.75, 3.05) is 31.7 Å². The molecule has 2 rings (SSSR count). The largest absolute Gasteiger partial charge is 0.493 e. The summed E-state index contributed by atoms with van der Waals surface area (Å²) in [6.07, 6.45) is 1.42. The van der Waals surface area contributed by atoms with E-state index in [1.54, 1.807) is 24.3 Å². The number of carbonyl (C=O) groups excluding carboxylic acids is 2. The Morgan fingerprint density at radius 1 is 1.22 bits per heavy atom. The number of ether oxygens (including phenoxy) is 2. The molecule has 1 fully saturated rings. The van der Waals surface area contributed by atoms with Crippen molar-refractivity contribution in [1.82, 2.24) is 0 Å². The molecule has 7 heteroatoms. The summed E-state index contributed by atoms with van der Waals surface area (Å²) in [6, 6.07) is 6.97. The maximum atomic E-state index is 12.5. The lowest BCUT2D eigenvalue weighted by atomic mass is 9.79. The van der Waals surface area contributed by atoms with Gasteiger partial charge >= 0.3 is 0 Å². The molecule has 0 aromatic heterocycles. The summed E-state index contributed by atoms with van der Waals surface area (Å²) in [7, 11) is 0. The van der Waals surface area contributed by atoms with Crippen LogP contribution < -0.4 is 21.5 Å². The van der Waals surface area contributed by atoms with Gasteiger partial charge in [0.2, 0.25) is 11.8 Å². The van der Waals surface area contributed by atoms with E-state index in [2.05, 4.69) is 5.32 Å². The molecule has 0 saturated carbocycles. The second-order valence-electron chi connectivity index (χ2n) is 5.64. The van der Waals surface area contributed by atoms with Gasteiger partial charge in [0, 0.05) is 25.4 Å². The summed E-state index contributed by atoms with van der Waals surface area (Å²) < 4.78 is 10.7. The van der Waals surface area contributed by atoms with E-state index in [4.69, 9.17) is 20.9 Å². The molecule has 2 amide bonds. The van der Waals surface area contributed by atoms with Crippen LogP contribution in [0.5, 0.6) is 5.75 Å². The van der Waals surface area contributed by atoms with Crippen LogP contribution in [0.25, 0.3) is 0 Å². The van der Waals surface area contributed by atoms with Crippen LogP contribution in [0, 0.1) is 5.41 Å². The second kappa shape index (κ2) is 7.94. The van der Waals surface area contributed by atoms with E-state index in [-0.39, 0.29) is 18.9 Å². The zero-order valence-electron chi connectivity index (χ0n) is 13.0. The molecule has 0 unspecified atom stereocenters. The first-order valence-corrected chi connectivity index (χ1v) is 7.66. The lowest BCUT2D eigenvalue weighted by Crippen LogP contribution is -2.46. The third-order valence-electron chi connectivity index (χ3n) is 4.05.